The molecule has 72 valence electrons. The first kappa shape index (κ1) is 10.5. The molecule has 0 N–H and O–H groups in total. The minimum Gasteiger partial charge on any atom is -0.381 e. The van der Waals surface area contributed by atoms with Gasteiger partial charge in [0, 0.05) is 17.4 Å². The molecule has 0 spiro atoms. The second-order valence-electron chi connectivity index (χ2n) is 4.51. The highest BCUT2D eigenvalue weighted by molar-refractivity contribution is 9.09. The van der Waals surface area contributed by atoms with Gasteiger partial charge in [0.2, 0.25) is 0 Å². The molecule has 0 aromatic heterocycles. The largest absolute Gasteiger partial charge is 0.381 e. The fourth-order valence-electron chi connectivity index (χ4n) is 1.47. The van der Waals surface area contributed by atoms with Gasteiger partial charge in [0.15, 0.2) is 0 Å². The van der Waals surface area contributed by atoms with E-state index in [1.165, 1.54) is 6.42 Å². The summed E-state index contributed by atoms with van der Waals surface area (Å²) in [6, 6.07) is 0. The molecule has 0 saturated heterocycles. The van der Waals surface area contributed by atoms with Crippen molar-refractivity contribution < 1.29 is 4.74 Å². The monoisotopic (exact) mass is 234 g/mol. The van der Waals surface area contributed by atoms with E-state index >= 15 is 0 Å². The van der Waals surface area contributed by atoms with Gasteiger partial charge >= 0.3 is 0 Å². The van der Waals surface area contributed by atoms with Crippen molar-refractivity contribution in [2.45, 2.75) is 27.2 Å². The van der Waals surface area contributed by atoms with Gasteiger partial charge in [-0.05, 0) is 18.3 Å². The van der Waals surface area contributed by atoms with Crippen molar-refractivity contribution in [3.05, 3.63) is 0 Å². The minimum atomic E-state index is 0.481. The van der Waals surface area contributed by atoms with E-state index in [4.69, 9.17) is 4.74 Å². The molecule has 0 amide bonds. The SMILES string of the molecule is CC(C)COCC1(CBr)CC1C. The smallest absolute Gasteiger partial charge is 0.0533 e. The van der Waals surface area contributed by atoms with Gasteiger partial charge in [-0.3, -0.25) is 0 Å². The third-order valence-corrected chi connectivity index (χ3v) is 3.82. The zero-order valence-electron chi connectivity index (χ0n) is 8.27. The van der Waals surface area contributed by atoms with Crippen molar-refractivity contribution in [3.63, 3.8) is 0 Å². The van der Waals surface area contributed by atoms with Crippen molar-refractivity contribution in [1.82, 2.24) is 0 Å². The van der Waals surface area contributed by atoms with E-state index in [0.717, 1.165) is 24.5 Å². The van der Waals surface area contributed by atoms with Gasteiger partial charge in [0.1, 0.15) is 0 Å². The summed E-state index contributed by atoms with van der Waals surface area (Å²) >= 11 is 3.56. The highest BCUT2D eigenvalue weighted by atomic mass is 79.9. The average molecular weight is 235 g/mol. The van der Waals surface area contributed by atoms with Crippen LogP contribution >= 0.6 is 15.9 Å². The number of halogens is 1. The van der Waals surface area contributed by atoms with Crippen LogP contribution in [0.4, 0.5) is 0 Å². The maximum absolute atomic E-state index is 5.65. The summed E-state index contributed by atoms with van der Waals surface area (Å²) in [7, 11) is 0. The Labute approximate surface area is 84.0 Å². The minimum absolute atomic E-state index is 0.481. The average Bonchev–Trinajstić information content (AvgIpc) is 2.62. The summed E-state index contributed by atoms with van der Waals surface area (Å²) in [6.07, 6.45) is 1.33. The Hall–Kier alpha value is 0.440. The van der Waals surface area contributed by atoms with E-state index in [-0.39, 0.29) is 0 Å². The molecule has 0 aromatic carbocycles. The van der Waals surface area contributed by atoms with Crippen LogP contribution in [0.2, 0.25) is 0 Å². The van der Waals surface area contributed by atoms with Crippen molar-refractivity contribution in [1.29, 1.82) is 0 Å². The molecule has 1 aliphatic carbocycles. The standard InChI is InChI=1S/C10H19BrO/c1-8(2)5-12-7-10(6-11)4-9(10)3/h8-9H,4-7H2,1-3H3. The Kier molecular flexibility index (Phi) is 3.59. The van der Waals surface area contributed by atoms with Gasteiger partial charge in [-0.1, -0.05) is 36.7 Å². The summed E-state index contributed by atoms with van der Waals surface area (Å²) < 4.78 is 5.65. The second-order valence-corrected chi connectivity index (χ2v) is 5.07. The molecular weight excluding hydrogens is 216 g/mol. The molecule has 1 nitrogen and oxygen atoms in total. The summed E-state index contributed by atoms with van der Waals surface area (Å²) in [5, 5.41) is 1.10. The van der Waals surface area contributed by atoms with Crippen LogP contribution in [0.15, 0.2) is 0 Å². The zero-order chi connectivity index (χ0) is 9.19. The van der Waals surface area contributed by atoms with E-state index < -0.39 is 0 Å². The highest BCUT2D eigenvalue weighted by Gasteiger charge is 2.50. The van der Waals surface area contributed by atoms with Crippen LogP contribution in [0.3, 0.4) is 0 Å². The summed E-state index contributed by atoms with van der Waals surface area (Å²) in [5.74, 6) is 1.51. The fourth-order valence-corrected chi connectivity index (χ4v) is 2.42. The molecule has 0 heterocycles. The van der Waals surface area contributed by atoms with E-state index in [9.17, 15) is 0 Å². The zero-order valence-corrected chi connectivity index (χ0v) is 9.86. The van der Waals surface area contributed by atoms with E-state index in [2.05, 4.69) is 36.7 Å². The van der Waals surface area contributed by atoms with Gasteiger partial charge < -0.3 is 4.74 Å². The van der Waals surface area contributed by atoms with E-state index in [0.29, 0.717) is 11.3 Å². The number of hydrogen-bond acceptors (Lipinski definition) is 1. The molecule has 1 saturated carbocycles. The molecule has 0 radical (unpaired) electrons. The summed E-state index contributed by atoms with van der Waals surface area (Å²) in [6.45, 7) is 8.54. The van der Waals surface area contributed by atoms with Crippen LogP contribution in [0.25, 0.3) is 0 Å². The number of rotatable bonds is 5. The molecule has 2 atom stereocenters. The lowest BCUT2D eigenvalue weighted by atomic mass is 10.1. The summed E-state index contributed by atoms with van der Waals surface area (Å²) in [5.41, 5.74) is 0.481. The molecule has 0 aliphatic heterocycles. The van der Waals surface area contributed by atoms with Crippen molar-refractivity contribution in [2.24, 2.45) is 17.3 Å². The molecule has 0 aromatic rings. The molecule has 1 aliphatic rings. The normalized spacial score (nSPS) is 34.2. The van der Waals surface area contributed by atoms with E-state index in [1.807, 2.05) is 0 Å². The molecule has 2 unspecified atom stereocenters. The van der Waals surface area contributed by atoms with Gasteiger partial charge in [0.05, 0.1) is 6.61 Å². The van der Waals surface area contributed by atoms with Gasteiger partial charge in [-0.15, -0.1) is 0 Å². The lowest BCUT2D eigenvalue weighted by Crippen LogP contribution is -2.16. The van der Waals surface area contributed by atoms with Crippen LogP contribution in [0, 0.1) is 17.3 Å². The summed E-state index contributed by atoms with van der Waals surface area (Å²) in [4.78, 5) is 0. The van der Waals surface area contributed by atoms with Crippen LogP contribution < -0.4 is 0 Å². The second kappa shape index (κ2) is 4.10. The molecule has 1 rings (SSSR count). The first-order chi connectivity index (χ1) is 5.60. The fraction of sp³-hybridized carbons (Fsp3) is 1.00. The van der Waals surface area contributed by atoms with Crippen molar-refractivity contribution >= 4 is 15.9 Å². The maximum atomic E-state index is 5.65. The molecule has 1 fully saturated rings. The highest BCUT2D eigenvalue weighted by Crippen LogP contribution is 2.53. The molecule has 12 heavy (non-hydrogen) atoms. The topological polar surface area (TPSA) is 9.23 Å². The van der Waals surface area contributed by atoms with Gasteiger partial charge in [0.25, 0.3) is 0 Å². The third-order valence-electron chi connectivity index (χ3n) is 2.70. The van der Waals surface area contributed by atoms with E-state index in [1.54, 1.807) is 0 Å². The number of hydrogen-bond donors (Lipinski definition) is 0. The molecule has 2 heteroatoms. The Morgan fingerprint density at radius 3 is 2.50 bits per heavy atom. The van der Waals surface area contributed by atoms with Crippen LogP contribution in [-0.2, 0) is 4.74 Å². The van der Waals surface area contributed by atoms with Crippen LogP contribution in [0.1, 0.15) is 27.2 Å². The predicted molar refractivity (Wildman–Crippen MR) is 55.7 cm³/mol. The lowest BCUT2D eigenvalue weighted by Gasteiger charge is -2.14. The molecular formula is C10H19BrO. The molecule has 0 bridgehead atoms. The number of alkyl halides is 1. The Morgan fingerprint density at radius 1 is 1.58 bits per heavy atom. The first-order valence-electron chi connectivity index (χ1n) is 4.74. The lowest BCUT2D eigenvalue weighted by molar-refractivity contribution is 0.0743. The van der Waals surface area contributed by atoms with Crippen LogP contribution in [0.5, 0.6) is 0 Å². The number of ether oxygens (including phenoxy) is 1. The third kappa shape index (κ3) is 2.46. The van der Waals surface area contributed by atoms with Crippen LogP contribution in [-0.4, -0.2) is 18.5 Å². The van der Waals surface area contributed by atoms with Gasteiger partial charge in [-0.2, -0.15) is 0 Å². The van der Waals surface area contributed by atoms with Crippen molar-refractivity contribution in [2.75, 3.05) is 18.5 Å². The predicted octanol–water partition coefficient (Wildman–Crippen LogP) is 3.08. The Balaban J connectivity index is 2.14. The Bertz CT molecular complexity index is 143. The Morgan fingerprint density at radius 2 is 2.17 bits per heavy atom. The van der Waals surface area contributed by atoms with Crippen molar-refractivity contribution in [3.8, 4) is 0 Å². The van der Waals surface area contributed by atoms with Gasteiger partial charge in [-0.25, -0.2) is 0 Å². The quantitative estimate of drug-likeness (QED) is 0.665. The maximum Gasteiger partial charge on any atom is 0.0533 e. The first-order valence-corrected chi connectivity index (χ1v) is 5.86.